The largest absolute Gasteiger partial charge is 0.378 e. The van der Waals surface area contributed by atoms with Crippen molar-refractivity contribution < 1.29 is 14.1 Å². The van der Waals surface area contributed by atoms with Crippen molar-refractivity contribution in [3.05, 3.63) is 52.5 Å². The SMILES string of the molecule is O=C(c1cccc(NCc2nc(-c3ccsc3)no2)c1)N1CCOCC1. The molecule has 1 amide bonds. The molecule has 8 heteroatoms. The molecule has 1 saturated heterocycles. The van der Waals surface area contributed by atoms with E-state index in [-0.39, 0.29) is 5.91 Å². The summed E-state index contributed by atoms with van der Waals surface area (Å²) < 4.78 is 10.6. The Labute approximate surface area is 154 Å². The molecule has 0 saturated carbocycles. The Morgan fingerprint density at radius 1 is 1.27 bits per heavy atom. The summed E-state index contributed by atoms with van der Waals surface area (Å²) in [6.07, 6.45) is 0. The maximum Gasteiger partial charge on any atom is 0.254 e. The van der Waals surface area contributed by atoms with Crippen LogP contribution in [0.25, 0.3) is 11.4 Å². The van der Waals surface area contributed by atoms with Crippen molar-refractivity contribution in [3.8, 4) is 11.4 Å². The van der Waals surface area contributed by atoms with Crippen LogP contribution in [-0.4, -0.2) is 47.3 Å². The van der Waals surface area contributed by atoms with Crippen LogP contribution in [0.4, 0.5) is 5.69 Å². The lowest BCUT2D eigenvalue weighted by atomic mass is 10.1. The molecule has 1 aliphatic heterocycles. The number of aromatic nitrogens is 2. The summed E-state index contributed by atoms with van der Waals surface area (Å²) in [7, 11) is 0. The molecule has 0 radical (unpaired) electrons. The zero-order valence-corrected chi connectivity index (χ0v) is 14.9. The molecule has 1 N–H and O–H groups in total. The van der Waals surface area contributed by atoms with Crippen LogP contribution in [0.15, 0.2) is 45.6 Å². The number of morpholine rings is 1. The minimum Gasteiger partial charge on any atom is -0.378 e. The topological polar surface area (TPSA) is 80.5 Å². The lowest BCUT2D eigenvalue weighted by molar-refractivity contribution is 0.0303. The molecule has 2 aromatic heterocycles. The summed E-state index contributed by atoms with van der Waals surface area (Å²) in [4.78, 5) is 18.8. The second-order valence-corrected chi connectivity index (χ2v) is 6.64. The predicted octanol–water partition coefficient (Wildman–Crippen LogP) is 2.88. The summed E-state index contributed by atoms with van der Waals surface area (Å²) in [5.41, 5.74) is 2.43. The number of nitrogens with zero attached hydrogens (tertiary/aromatic N) is 3. The number of anilines is 1. The van der Waals surface area contributed by atoms with Gasteiger partial charge in [-0.15, -0.1) is 0 Å². The van der Waals surface area contributed by atoms with Gasteiger partial charge in [-0.05, 0) is 29.6 Å². The van der Waals surface area contributed by atoms with Crippen molar-refractivity contribution in [1.29, 1.82) is 0 Å². The normalized spacial score (nSPS) is 14.4. The number of carbonyl (C=O) groups is 1. The molecule has 1 aromatic carbocycles. The van der Waals surface area contributed by atoms with E-state index >= 15 is 0 Å². The number of carbonyl (C=O) groups excluding carboxylic acids is 1. The van der Waals surface area contributed by atoms with Crippen molar-refractivity contribution >= 4 is 22.9 Å². The lowest BCUT2D eigenvalue weighted by Gasteiger charge is -2.27. The second-order valence-electron chi connectivity index (χ2n) is 5.86. The summed E-state index contributed by atoms with van der Waals surface area (Å²) in [6, 6.07) is 9.39. The van der Waals surface area contributed by atoms with Crippen molar-refractivity contribution in [2.75, 3.05) is 31.6 Å². The Balaban J connectivity index is 1.40. The van der Waals surface area contributed by atoms with Crippen LogP contribution in [0.2, 0.25) is 0 Å². The van der Waals surface area contributed by atoms with Gasteiger partial charge in [-0.1, -0.05) is 11.2 Å². The zero-order chi connectivity index (χ0) is 17.8. The second kappa shape index (κ2) is 7.67. The predicted molar refractivity (Wildman–Crippen MR) is 98.1 cm³/mol. The highest BCUT2D eigenvalue weighted by atomic mass is 32.1. The number of rotatable bonds is 5. The van der Waals surface area contributed by atoms with Gasteiger partial charge in [0.25, 0.3) is 5.91 Å². The molecule has 0 aliphatic carbocycles. The molecule has 4 rings (SSSR count). The molecule has 26 heavy (non-hydrogen) atoms. The van der Waals surface area contributed by atoms with Crippen molar-refractivity contribution in [2.24, 2.45) is 0 Å². The number of amides is 1. The molecular weight excluding hydrogens is 352 g/mol. The molecule has 134 valence electrons. The minimum atomic E-state index is 0.0227. The summed E-state index contributed by atoms with van der Waals surface area (Å²) >= 11 is 1.59. The third-order valence-corrected chi connectivity index (χ3v) is 4.78. The van der Waals surface area contributed by atoms with Gasteiger partial charge in [-0.2, -0.15) is 16.3 Å². The molecule has 1 aliphatic rings. The summed E-state index contributed by atoms with van der Waals surface area (Å²) in [6.45, 7) is 2.83. The summed E-state index contributed by atoms with van der Waals surface area (Å²) in [5, 5.41) is 11.2. The fourth-order valence-corrected chi connectivity index (χ4v) is 3.36. The molecule has 7 nitrogen and oxygen atoms in total. The number of hydrogen-bond acceptors (Lipinski definition) is 7. The third kappa shape index (κ3) is 3.76. The van der Waals surface area contributed by atoms with Crippen molar-refractivity contribution in [3.63, 3.8) is 0 Å². The van der Waals surface area contributed by atoms with Crippen molar-refractivity contribution in [2.45, 2.75) is 6.54 Å². The van der Waals surface area contributed by atoms with E-state index in [2.05, 4.69) is 15.5 Å². The number of ether oxygens (including phenoxy) is 1. The van der Waals surface area contributed by atoms with Gasteiger partial charge < -0.3 is 19.5 Å². The maximum absolute atomic E-state index is 12.6. The average Bonchev–Trinajstić information content (AvgIpc) is 3.38. The van der Waals surface area contributed by atoms with Gasteiger partial charge in [0.15, 0.2) is 0 Å². The average molecular weight is 370 g/mol. The molecule has 0 unspecified atom stereocenters. The van der Waals surface area contributed by atoms with E-state index < -0.39 is 0 Å². The van der Waals surface area contributed by atoms with Crippen LogP contribution in [-0.2, 0) is 11.3 Å². The molecular formula is C18H18N4O3S. The molecule has 0 bridgehead atoms. The van der Waals surface area contributed by atoms with Gasteiger partial charge in [0, 0.05) is 35.3 Å². The Morgan fingerprint density at radius 2 is 2.15 bits per heavy atom. The first-order valence-corrected chi connectivity index (χ1v) is 9.30. The van der Waals surface area contributed by atoms with Crippen LogP contribution in [0, 0.1) is 0 Å². The Bertz CT molecular complexity index is 872. The zero-order valence-electron chi connectivity index (χ0n) is 14.1. The van der Waals surface area contributed by atoms with E-state index in [0.29, 0.717) is 50.1 Å². The third-order valence-electron chi connectivity index (χ3n) is 4.10. The molecule has 0 spiro atoms. The van der Waals surface area contributed by atoms with Gasteiger partial charge in [-0.3, -0.25) is 4.79 Å². The molecule has 3 aromatic rings. The van der Waals surface area contributed by atoms with Crippen LogP contribution in [0.5, 0.6) is 0 Å². The van der Waals surface area contributed by atoms with Gasteiger partial charge in [0.05, 0.1) is 19.8 Å². The smallest absolute Gasteiger partial charge is 0.254 e. The Morgan fingerprint density at radius 3 is 2.96 bits per heavy atom. The van der Waals surface area contributed by atoms with E-state index in [1.807, 2.05) is 46.0 Å². The monoisotopic (exact) mass is 370 g/mol. The highest BCUT2D eigenvalue weighted by Gasteiger charge is 2.18. The van der Waals surface area contributed by atoms with E-state index in [4.69, 9.17) is 9.26 Å². The first kappa shape index (κ1) is 16.7. The van der Waals surface area contributed by atoms with E-state index in [9.17, 15) is 4.79 Å². The highest BCUT2D eigenvalue weighted by molar-refractivity contribution is 7.08. The van der Waals surface area contributed by atoms with Gasteiger partial charge >= 0.3 is 0 Å². The number of benzene rings is 1. The number of nitrogens with one attached hydrogen (secondary N) is 1. The standard InChI is InChI=1S/C18H18N4O3S/c23-18(22-5-7-24-8-6-22)13-2-1-3-15(10-13)19-11-16-20-17(21-25-16)14-4-9-26-12-14/h1-4,9-10,12,19H,5-8,11H2. The lowest BCUT2D eigenvalue weighted by Crippen LogP contribution is -2.40. The Hall–Kier alpha value is -2.71. The fourth-order valence-electron chi connectivity index (χ4n) is 2.72. The minimum absolute atomic E-state index is 0.0227. The molecule has 0 atom stereocenters. The van der Waals surface area contributed by atoms with Crippen molar-refractivity contribution in [1.82, 2.24) is 15.0 Å². The number of thiophene rings is 1. The van der Waals surface area contributed by atoms with Gasteiger partial charge in [-0.25, -0.2) is 0 Å². The van der Waals surface area contributed by atoms with E-state index in [1.54, 1.807) is 11.3 Å². The van der Waals surface area contributed by atoms with E-state index in [0.717, 1.165) is 11.3 Å². The quantitative estimate of drug-likeness (QED) is 0.744. The fraction of sp³-hybridized carbons (Fsp3) is 0.278. The first-order valence-electron chi connectivity index (χ1n) is 8.36. The molecule has 3 heterocycles. The van der Waals surface area contributed by atoms with Crippen LogP contribution in [0.3, 0.4) is 0 Å². The van der Waals surface area contributed by atoms with Gasteiger partial charge in [0.1, 0.15) is 0 Å². The van der Waals surface area contributed by atoms with Gasteiger partial charge in [0.2, 0.25) is 11.7 Å². The summed E-state index contributed by atoms with van der Waals surface area (Å²) in [5.74, 6) is 1.10. The molecule has 1 fully saturated rings. The number of hydrogen-bond donors (Lipinski definition) is 1. The first-order chi connectivity index (χ1) is 12.8. The van der Waals surface area contributed by atoms with Crippen LogP contribution >= 0.6 is 11.3 Å². The highest BCUT2D eigenvalue weighted by Crippen LogP contribution is 2.19. The van der Waals surface area contributed by atoms with Crippen LogP contribution in [0.1, 0.15) is 16.2 Å². The maximum atomic E-state index is 12.6. The van der Waals surface area contributed by atoms with E-state index in [1.165, 1.54) is 0 Å². The van der Waals surface area contributed by atoms with Crippen LogP contribution < -0.4 is 5.32 Å². The Kier molecular flexibility index (Phi) is 4.94.